The van der Waals surface area contributed by atoms with Crippen LogP contribution >= 0.6 is 11.6 Å². The van der Waals surface area contributed by atoms with Crippen molar-refractivity contribution in [3.63, 3.8) is 0 Å². The molecule has 2 aromatic heterocycles. The quantitative estimate of drug-likeness (QED) is 0.125. The van der Waals surface area contributed by atoms with Crippen LogP contribution in [0, 0.1) is 6.92 Å². The third-order valence-electron chi connectivity index (χ3n) is 9.01. The molecule has 1 spiro atoms. The second-order valence-electron chi connectivity index (χ2n) is 12.4. The van der Waals surface area contributed by atoms with Crippen LogP contribution in [0.3, 0.4) is 0 Å². The maximum atomic E-state index is 14.4. The van der Waals surface area contributed by atoms with Gasteiger partial charge in [-0.2, -0.15) is 0 Å². The Kier molecular flexibility index (Phi) is 10.4. The number of unbranched alkanes of at least 4 members (excludes halogenated alkanes) is 1. The molecule has 0 bridgehead atoms. The summed E-state index contributed by atoms with van der Waals surface area (Å²) in [5.41, 5.74) is 2.04. The average Bonchev–Trinajstić information content (AvgIpc) is 3.80. The molecule has 1 aliphatic heterocycles. The lowest BCUT2D eigenvalue weighted by atomic mass is 9.96. The molecule has 0 N–H and O–H groups in total. The highest BCUT2D eigenvalue weighted by Gasteiger charge is 2.49. The molecule has 1 amide bonds. The number of anilines is 1. The predicted molar refractivity (Wildman–Crippen MR) is 187 cm³/mol. The highest BCUT2D eigenvalue weighted by atomic mass is 35.5. The highest BCUT2D eigenvalue weighted by molar-refractivity contribution is 7.93. The topological polar surface area (TPSA) is 127 Å². The largest absolute Gasteiger partial charge is 0.473 e. The summed E-state index contributed by atoms with van der Waals surface area (Å²) < 4.78 is 46.3. The van der Waals surface area contributed by atoms with Crippen LogP contribution in [0.2, 0.25) is 5.02 Å². The van der Waals surface area contributed by atoms with Gasteiger partial charge in [0, 0.05) is 31.4 Å². The first kappa shape index (κ1) is 34.6. The number of ether oxygens (including phenoxy) is 2. The zero-order valence-corrected chi connectivity index (χ0v) is 29.5. The van der Waals surface area contributed by atoms with Crippen LogP contribution in [0.5, 0.6) is 5.88 Å². The first-order chi connectivity index (χ1) is 23.7. The number of rotatable bonds is 14. The van der Waals surface area contributed by atoms with Crippen LogP contribution in [0.25, 0.3) is 11.1 Å². The van der Waals surface area contributed by atoms with Crippen LogP contribution in [-0.4, -0.2) is 54.6 Å². The van der Waals surface area contributed by atoms with E-state index in [0.29, 0.717) is 29.1 Å². The third kappa shape index (κ3) is 6.95. The predicted octanol–water partition coefficient (Wildman–Crippen LogP) is 7.32. The minimum absolute atomic E-state index is 0.0162. The number of nitrogens with zero attached hydrogens (tertiary/aromatic N) is 5. The number of methoxy groups -OCH3 is 1. The monoisotopic (exact) mass is 705 g/mol. The van der Waals surface area contributed by atoms with Crippen LogP contribution in [0.1, 0.15) is 68.8 Å². The molecule has 2 aromatic carbocycles. The Morgan fingerprint density at radius 1 is 1.06 bits per heavy atom. The first-order valence-electron chi connectivity index (χ1n) is 16.5. The minimum Gasteiger partial charge on any atom is -0.473 e. The number of hydrogen-bond donors (Lipinski definition) is 0. The summed E-state index contributed by atoms with van der Waals surface area (Å²) in [6.07, 6.45) is 7.91. The highest BCUT2D eigenvalue weighted by Crippen LogP contribution is 2.41. The second kappa shape index (κ2) is 14.7. The van der Waals surface area contributed by atoms with Gasteiger partial charge in [0.1, 0.15) is 29.7 Å². The maximum Gasteiger partial charge on any atom is 0.268 e. The van der Waals surface area contributed by atoms with Gasteiger partial charge in [0.2, 0.25) is 11.7 Å². The van der Waals surface area contributed by atoms with Crippen LogP contribution in [-0.2, 0) is 32.7 Å². The Morgan fingerprint density at radius 2 is 1.84 bits per heavy atom. The summed E-state index contributed by atoms with van der Waals surface area (Å²) in [4.78, 5) is 25.1. The van der Waals surface area contributed by atoms with E-state index in [1.807, 2.05) is 29.2 Å². The molecule has 1 aliphatic carbocycles. The fourth-order valence-corrected chi connectivity index (χ4v) is 8.25. The summed E-state index contributed by atoms with van der Waals surface area (Å²) in [6.45, 7) is 3.84. The van der Waals surface area contributed by atoms with Gasteiger partial charge in [-0.05, 0) is 61.1 Å². The number of carbonyl (C=O) groups excluding carboxylic acids is 1. The number of aliphatic imine (C=N–C) groups is 1. The van der Waals surface area contributed by atoms with Gasteiger partial charge < -0.3 is 14.0 Å². The van der Waals surface area contributed by atoms with Gasteiger partial charge in [-0.3, -0.25) is 14.7 Å². The molecular weight excluding hydrogens is 666 g/mol. The molecule has 13 heteroatoms. The van der Waals surface area contributed by atoms with E-state index in [-0.39, 0.29) is 40.7 Å². The van der Waals surface area contributed by atoms with E-state index in [1.54, 1.807) is 43.5 Å². The van der Waals surface area contributed by atoms with Gasteiger partial charge in [0.15, 0.2) is 5.76 Å². The number of pyridine rings is 1. The lowest BCUT2D eigenvalue weighted by molar-refractivity contribution is -0.131. The van der Waals surface area contributed by atoms with Gasteiger partial charge in [0.25, 0.3) is 15.9 Å². The van der Waals surface area contributed by atoms with Gasteiger partial charge in [0.05, 0.1) is 11.4 Å². The number of aromatic nitrogens is 2. The van der Waals surface area contributed by atoms with Crippen molar-refractivity contribution in [3.05, 3.63) is 88.8 Å². The Morgan fingerprint density at radius 3 is 2.53 bits per heavy atom. The Labute approximate surface area is 291 Å². The van der Waals surface area contributed by atoms with E-state index in [9.17, 15) is 13.2 Å². The van der Waals surface area contributed by atoms with Crippen molar-refractivity contribution in [3.8, 4) is 17.0 Å². The molecule has 6 rings (SSSR count). The zero-order chi connectivity index (χ0) is 34.6. The van der Waals surface area contributed by atoms with Gasteiger partial charge in [-0.1, -0.05) is 79.3 Å². The summed E-state index contributed by atoms with van der Waals surface area (Å²) >= 11 is 6.41. The first-order valence-corrected chi connectivity index (χ1v) is 18.3. The second-order valence-corrected chi connectivity index (χ2v) is 14.6. The van der Waals surface area contributed by atoms with Crippen LogP contribution in [0.4, 0.5) is 5.82 Å². The molecule has 0 saturated heterocycles. The normalized spacial score (nSPS) is 15.6. The molecule has 4 aromatic rings. The molecule has 258 valence electrons. The van der Waals surface area contributed by atoms with E-state index in [1.165, 1.54) is 13.2 Å². The summed E-state index contributed by atoms with van der Waals surface area (Å²) in [7, 11) is -2.89. The minimum atomic E-state index is -4.27. The Balaban J connectivity index is 1.40. The third-order valence-corrected chi connectivity index (χ3v) is 11.2. The van der Waals surface area contributed by atoms with Crippen molar-refractivity contribution in [2.75, 3.05) is 18.1 Å². The van der Waals surface area contributed by atoms with Gasteiger partial charge >= 0.3 is 0 Å². The standard InChI is InChI=1S/C36H40ClN5O6S/c1-4-5-14-31-39-36(18-9-10-19-36)35(43)41(31)22-26-16-17-28(27(21-26)23-47-32-15-8-11-20-38-32)29-12-6-7-13-30(29)49(44,45)42(24-46-3)34-33(37)25(2)48-40-34/h6-8,11-13,15-17,20-21H,4-5,9-10,14,18-19,22-24H2,1-3H3. The maximum absolute atomic E-state index is 14.4. The summed E-state index contributed by atoms with van der Waals surface area (Å²) in [5.74, 6) is 1.56. The number of carbonyl (C=O) groups is 1. The molecule has 49 heavy (non-hydrogen) atoms. The number of benzene rings is 2. The van der Waals surface area contributed by atoms with Crippen molar-refractivity contribution in [1.82, 2.24) is 15.0 Å². The number of hydrogen-bond acceptors (Lipinski definition) is 9. The number of sulfonamides is 1. The number of halogens is 1. The van der Waals surface area contributed by atoms with Crippen molar-refractivity contribution < 1.29 is 27.2 Å². The smallest absolute Gasteiger partial charge is 0.268 e. The SMILES string of the molecule is CCCCC1=NC2(CCCC2)C(=O)N1Cc1ccc(-c2ccccc2S(=O)(=O)N(COC)c2noc(C)c2Cl)c(COc2ccccn2)c1. The number of amides is 1. The fourth-order valence-electron chi connectivity index (χ4n) is 6.49. The van der Waals surface area contributed by atoms with E-state index < -0.39 is 15.6 Å². The van der Waals surface area contributed by atoms with E-state index in [0.717, 1.165) is 60.7 Å². The molecular formula is C36H40ClN5O6S. The van der Waals surface area contributed by atoms with E-state index in [2.05, 4.69) is 17.1 Å². The molecule has 1 saturated carbocycles. The average molecular weight is 706 g/mol. The lowest BCUT2D eigenvalue weighted by Crippen LogP contribution is -2.40. The molecule has 2 aliphatic rings. The fraction of sp³-hybridized carbons (Fsp3) is 0.389. The zero-order valence-electron chi connectivity index (χ0n) is 27.9. The molecule has 1 fully saturated rings. The molecule has 0 radical (unpaired) electrons. The van der Waals surface area contributed by atoms with Crippen LogP contribution in [0.15, 0.2) is 81.3 Å². The molecule has 0 unspecified atom stereocenters. The van der Waals surface area contributed by atoms with Crippen molar-refractivity contribution in [2.24, 2.45) is 4.99 Å². The van der Waals surface area contributed by atoms with E-state index in [4.69, 9.17) is 30.6 Å². The van der Waals surface area contributed by atoms with Crippen molar-refractivity contribution >= 4 is 39.2 Å². The molecule has 11 nitrogen and oxygen atoms in total. The lowest BCUT2D eigenvalue weighted by Gasteiger charge is -2.24. The number of amidine groups is 1. The molecule has 0 atom stereocenters. The van der Waals surface area contributed by atoms with Crippen molar-refractivity contribution in [1.29, 1.82) is 0 Å². The Bertz CT molecular complexity index is 1940. The van der Waals surface area contributed by atoms with Crippen LogP contribution < -0.4 is 9.04 Å². The van der Waals surface area contributed by atoms with Crippen molar-refractivity contribution in [2.45, 2.75) is 82.4 Å². The summed E-state index contributed by atoms with van der Waals surface area (Å²) in [6, 6.07) is 17.9. The molecule has 3 heterocycles. The van der Waals surface area contributed by atoms with Gasteiger partial charge in [-0.25, -0.2) is 17.7 Å². The summed E-state index contributed by atoms with van der Waals surface area (Å²) in [5, 5.41) is 3.99. The van der Waals surface area contributed by atoms with Gasteiger partial charge in [-0.15, -0.1) is 0 Å². The Hall–Kier alpha value is -4.26. The van der Waals surface area contributed by atoms with E-state index >= 15 is 0 Å². The number of aryl methyl sites for hydroxylation is 1.